The standard InChI is InChI=1S/C26H26FN5O4/c1-17(26(35)11-13-30(14-12-26)24(33)18-3-5-19(27)6-4-18)31-16-28-23-22(25(31)34)15-29-32(23)20-7-9-21(36-2)10-8-20/h3-10,15-17,35H,11-14H2,1-2H3. The Kier molecular flexibility index (Phi) is 6.05. The first-order valence-corrected chi connectivity index (χ1v) is 11.7. The number of piperidine rings is 1. The van der Waals surface area contributed by atoms with Crippen molar-refractivity contribution in [2.75, 3.05) is 20.2 Å². The third-order valence-electron chi connectivity index (χ3n) is 7.03. The van der Waals surface area contributed by atoms with Gasteiger partial charge in [0.25, 0.3) is 11.5 Å². The number of amides is 1. The van der Waals surface area contributed by atoms with E-state index in [1.807, 2.05) is 12.1 Å². The van der Waals surface area contributed by atoms with Gasteiger partial charge in [-0.05, 0) is 68.3 Å². The van der Waals surface area contributed by atoms with Crippen LogP contribution in [0.15, 0.2) is 65.8 Å². The van der Waals surface area contributed by atoms with Crippen molar-refractivity contribution >= 4 is 16.9 Å². The summed E-state index contributed by atoms with van der Waals surface area (Å²) in [6.45, 7) is 2.41. The van der Waals surface area contributed by atoms with E-state index in [9.17, 15) is 19.1 Å². The van der Waals surface area contributed by atoms with E-state index in [4.69, 9.17) is 4.74 Å². The van der Waals surface area contributed by atoms with Gasteiger partial charge in [-0.15, -0.1) is 0 Å². The molecule has 186 valence electrons. The Hall–Kier alpha value is -4.05. The van der Waals surface area contributed by atoms with Crippen molar-refractivity contribution in [2.24, 2.45) is 0 Å². The maximum Gasteiger partial charge on any atom is 0.264 e. The summed E-state index contributed by atoms with van der Waals surface area (Å²) < 4.78 is 21.4. The number of carbonyl (C=O) groups excluding carboxylic acids is 1. The second-order valence-corrected chi connectivity index (χ2v) is 9.03. The van der Waals surface area contributed by atoms with Gasteiger partial charge in [0.15, 0.2) is 5.65 Å². The highest BCUT2D eigenvalue weighted by atomic mass is 19.1. The van der Waals surface area contributed by atoms with Crippen LogP contribution in [0.3, 0.4) is 0 Å². The molecule has 2 aromatic heterocycles. The molecule has 1 aliphatic rings. The van der Waals surface area contributed by atoms with Gasteiger partial charge in [0.2, 0.25) is 0 Å². The van der Waals surface area contributed by atoms with Gasteiger partial charge in [0.1, 0.15) is 23.3 Å². The molecule has 1 unspecified atom stereocenters. The van der Waals surface area contributed by atoms with E-state index < -0.39 is 17.5 Å². The van der Waals surface area contributed by atoms with E-state index in [1.54, 1.807) is 35.7 Å². The highest BCUT2D eigenvalue weighted by Crippen LogP contribution is 2.33. The first-order valence-electron chi connectivity index (χ1n) is 11.7. The van der Waals surface area contributed by atoms with Crippen molar-refractivity contribution in [3.05, 3.63) is 82.8 Å². The Morgan fingerprint density at radius 1 is 1.11 bits per heavy atom. The van der Waals surface area contributed by atoms with Crippen LogP contribution < -0.4 is 10.3 Å². The van der Waals surface area contributed by atoms with E-state index in [1.165, 1.54) is 41.4 Å². The third-order valence-corrected chi connectivity index (χ3v) is 7.03. The quantitative estimate of drug-likeness (QED) is 0.461. The SMILES string of the molecule is COc1ccc(-n2ncc3c(=O)n(C(C)C4(O)CCN(C(=O)c5ccc(F)cc5)CC4)cnc32)cc1. The lowest BCUT2D eigenvalue weighted by Crippen LogP contribution is -2.51. The molecule has 0 radical (unpaired) electrons. The molecule has 1 amide bonds. The lowest BCUT2D eigenvalue weighted by Gasteiger charge is -2.42. The second kappa shape index (κ2) is 9.19. The van der Waals surface area contributed by atoms with Crippen molar-refractivity contribution < 1.29 is 19.0 Å². The van der Waals surface area contributed by atoms with Gasteiger partial charge in [-0.2, -0.15) is 5.10 Å². The van der Waals surface area contributed by atoms with E-state index in [0.29, 0.717) is 35.4 Å². The largest absolute Gasteiger partial charge is 0.497 e. The lowest BCUT2D eigenvalue weighted by molar-refractivity contribution is -0.0523. The summed E-state index contributed by atoms with van der Waals surface area (Å²) in [6, 6.07) is 12.1. The number of methoxy groups -OCH3 is 1. The number of carbonyl (C=O) groups is 1. The molecule has 0 bridgehead atoms. The highest BCUT2D eigenvalue weighted by molar-refractivity contribution is 5.94. The van der Waals surface area contributed by atoms with Gasteiger partial charge in [-0.1, -0.05) is 0 Å². The minimum Gasteiger partial charge on any atom is -0.497 e. The maximum absolute atomic E-state index is 13.3. The van der Waals surface area contributed by atoms with Gasteiger partial charge in [0.05, 0.1) is 30.6 Å². The van der Waals surface area contributed by atoms with Crippen molar-refractivity contribution in [3.63, 3.8) is 0 Å². The molecule has 4 aromatic rings. The number of ether oxygens (including phenoxy) is 1. The molecule has 5 rings (SSSR count). The minimum atomic E-state index is -1.20. The Labute approximate surface area is 206 Å². The zero-order valence-electron chi connectivity index (χ0n) is 20.0. The molecule has 1 N–H and O–H groups in total. The van der Waals surface area contributed by atoms with Crippen LogP contribution >= 0.6 is 0 Å². The minimum absolute atomic E-state index is 0.212. The van der Waals surface area contributed by atoms with Crippen molar-refractivity contribution in [1.29, 1.82) is 0 Å². The van der Waals surface area contributed by atoms with Crippen molar-refractivity contribution in [1.82, 2.24) is 24.2 Å². The third kappa shape index (κ3) is 4.13. The molecule has 10 heteroatoms. The van der Waals surface area contributed by atoms with Gasteiger partial charge in [0, 0.05) is 18.7 Å². The Morgan fingerprint density at radius 3 is 2.42 bits per heavy atom. The van der Waals surface area contributed by atoms with Gasteiger partial charge in [-0.3, -0.25) is 14.2 Å². The molecular weight excluding hydrogens is 465 g/mol. The zero-order valence-corrected chi connectivity index (χ0v) is 20.0. The van der Waals surface area contributed by atoms with Crippen LogP contribution in [0, 0.1) is 5.82 Å². The zero-order chi connectivity index (χ0) is 25.4. The van der Waals surface area contributed by atoms with Crippen LogP contribution in [0.5, 0.6) is 5.75 Å². The molecule has 9 nitrogen and oxygen atoms in total. The first kappa shape index (κ1) is 23.7. The van der Waals surface area contributed by atoms with Crippen LogP contribution in [0.4, 0.5) is 4.39 Å². The number of fused-ring (bicyclic) bond motifs is 1. The number of aromatic nitrogens is 4. The molecule has 0 aliphatic carbocycles. The lowest BCUT2D eigenvalue weighted by atomic mass is 9.84. The molecule has 1 aliphatic heterocycles. The summed E-state index contributed by atoms with van der Waals surface area (Å²) in [5, 5.41) is 16.1. The molecule has 1 saturated heterocycles. The van der Waals surface area contributed by atoms with Gasteiger partial charge >= 0.3 is 0 Å². The number of nitrogens with zero attached hydrogens (tertiary/aromatic N) is 5. The number of halogens is 1. The topological polar surface area (TPSA) is 102 Å². The van der Waals surface area contributed by atoms with E-state index in [2.05, 4.69) is 10.1 Å². The molecule has 0 spiro atoms. The van der Waals surface area contributed by atoms with Crippen LogP contribution in [0.1, 0.15) is 36.2 Å². The van der Waals surface area contributed by atoms with Gasteiger partial charge in [-0.25, -0.2) is 14.1 Å². The number of hydrogen-bond donors (Lipinski definition) is 1. The van der Waals surface area contributed by atoms with Crippen LogP contribution in [0.2, 0.25) is 0 Å². The fourth-order valence-corrected chi connectivity index (χ4v) is 4.66. The molecule has 1 fully saturated rings. The summed E-state index contributed by atoms with van der Waals surface area (Å²) in [4.78, 5) is 32.2. The van der Waals surface area contributed by atoms with E-state index in [-0.39, 0.29) is 24.3 Å². The number of hydrogen-bond acceptors (Lipinski definition) is 6. The number of rotatable bonds is 5. The molecule has 1 atom stereocenters. The van der Waals surface area contributed by atoms with Crippen molar-refractivity contribution in [3.8, 4) is 11.4 Å². The van der Waals surface area contributed by atoms with Crippen molar-refractivity contribution in [2.45, 2.75) is 31.4 Å². The first-order chi connectivity index (χ1) is 17.3. The van der Waals surface area contributed by atoms with Crippen LogP contribution in [-0.2, 0) is 0 Å². The smallest absolute Gasteiger partial charge is 0.264 e. The van der Waals surface area contributed by atoms with E-state index >= 15 is 0 Å². The number of likely N-dealkylation sites (tertiary alicyclic amines) is 1. The Bertz CT molecular complexity index is 1450. The van der Waals surface area contributed by atoms with Crippen LogP contribution in [0.25, 0.3) is 16.7 Å². The molecule has 2 aromatic carbocycles. The average Bonchev–Trinajstić information content (AvgIpc) is 3.34. The fraction of sp³-hybridized carbons (Fsp3) is 0.308. The molecule has 3 heterocycles. The maximum atomic E-state index is 13.3. The highest BCUT2D eigenvalue weighted by Gasteiger charge is 2.40. The summed E-state index contributed by atoms with van der Waals surface area (Å²) >= 11 is 0. The second-order valence-electron chi connectivity index (χ2n) is 9.03. The predicted molar refractivity (Wildman–Crippen MR) is 131 cm³/mol. The molecular formula is C26H26FN5O4. The summed E-state index contributed by atoms with van der Waals surface area (Å²) in [5.74, 6) is 0.0906. The Morgan fingerprint density at radius 2 is 1.78 bits per heavy atom. The summed E-state index contributed by atoms with van der Waals surface area (Å²) in [5.41, 5.74) is 0.0471. The Balaban J connectivity index is 1.35. The molecule has 36 heavy (non-hydrogen) atoms. The normalized spacial score (nSPS) is 16.2. The summed E-state index contributed by atoms with van der Waals surface area (Å²) in [6.07, 6.45) is 3.49. The number of benzene rings is 2. The van der Waals surface area contributed by atoms with E-state index in [0.717, 1.165) is 5.69 Å². The fourth-order valence-electron chi connectivity index (χ4n) is 4.66. The van der Waals surface area contributed by atoms with Gasteiger partial charge < -0.3 is 14.7 Å². The average molecular weight is 492 g/mol. The summed E-state index contributed by atoms with van der Waals surface area (Å²) in [7, 11) is 1.59. The van der Waals surface area contributed by atoms with Crippen LogP contribution in [-0.4, -0.2) is 61.0 Å². The number of aliphatic hydroxyl groups is 1. The monoisotopic (exact) mass is 491 g/mol. The molecule has 0 saturated carbocycles. The predicted octanol–water partition coefficient (Wildman–Crippen LogP) is 2.96.